The van der Waals surface area contributed by atoms with Crippen molar-refractivity contribution in [1.29, 1.82) is 0 Å². The van der Waals surface area contributed by atoms with Crippen LogP contribution in [-0.4, -0.2) is 31.6 Å². The lowest BCUT2D eigenvalue weighted by Crippen LogP contribution is -2.55. The number of fused-ring (bicyclic) bond motifs is 1. The van der Waals surface area contributed by atoms with Crippen molar-refractivity contribution >= 4 is 33.3 Å². The number of anilines is 2. The molecule has 3 N–H and O–H groups in total. The molecule has 1 atom stereocenters. The van der Waals surface area contributed by atoms with Crippen LogP contribution >= 0.6 is 15.9 Å². The summed E-state index contributed by atoms with van der Waals surface area (Å²) < 4.78 is 1.08. The molecule has 18 heavy (non-hydrogen) atoms. The van der Waals surface area contributed by atoms with Crippen molar-refractivity contribution < 1.29 is 0 Å². The van der Waals surface area contributed by atoms with Gasteiger partial charge in [0.25, 0.3) is 0 Å². The van der Waals surface area contributed by atoms with Crippen LogP contribution < -0.4 is 21.1 Å². The van der Waals surface area contributed by atoms with Crippen LogP contribution in [0.2, 0.25) is 0 Å². The topological polar surface area (TPSA) is 51.7 Å². The fourth-order valence-corrected chi connectivity index (χ4v) is 2.72. The normalized spacial score (nSPS) is 21.8. The van der Waals surface area contributed by atoms with E-state index in [0.29, 0.717) is 6.04 Å². The van der Waals surface area contributed by atoms with Gasteiger partial charge in [-0.25, -0.2) is 0 Å². The first-order chi connectivity index (χ1) is 8.75. The summed E-state index contributed by atoms with van der Waals surface area (Å²) in [7, 11) is 0. The van der Waals surface area contributed by atoms with E-state index in [9.17, 15) is 0 Å². The summed E-state index contributed by atoms with van der Waals surface area (Å²) in [6.45, 7) is 4.83. The standard InChI is InChI=1S/C12H16BrN5/c1-8-7-16-11-9(13)3-2-4-10(11)18(8)17-12-14-5-6-15-12/h2-4,8,16H,5-7H2,1H3,(H2,14,15,17). The van der Waals surface area contributed by atoms with E-state index < -0.39 is 0 Å². The van der Waals surface area contributed by atoms with Crippen LogP contribution in [0.3, 0.4) is 0 Å². The molecule has 1 unspecified atom stereocenters. The van der Waals surface area contributed by atoms with E-state index in [1.165, 1.54) is 0 Å². The summed E-state index contributed by atoms with van der Waals surface area (Å²) in [5.74, 6) is 0.856. The Morgan fingerprint density at radius 2 is 2.33 bits per heavy atom. The van der Waals surface area contributed by atoms with Gasteiger partial charge in [-0.2, -0.15) is 0 Å². The molecule has 2 aliphatic heterocycles. The Balaban J connectivity index is 1.91. The molecule has 0 amide bonds. The molecule has 0 saturated carbocycles. The molecule has 0 bridgehead atoms. The molecule has 0 radical (unpaired) electrons. The van der Waals surface area contributed by atoms with Crippen molar-refractivity contribution in [3.8, 4) is 0 Å². The van der Waals surface area contributed by atoms with Crippen LogP contribution in [0.5, 0.6) is 0 Å². The first kappa shape index (κ1) is 11.6. The van der Waals surface area contributed by atoms with Gasteiger partial charge in [-0.3, -0.25) is 15.4 Å². The predicted molar refractivity (Wildman–Crippen MR) is 78.0 cm³/mol. The molecule has 0 saturated heterocycles. The monoisotopic (exact) mass is 309 g/mol. The SMILES string of the molecule is CC1CNc2c(Br)cccc2N1NC1=NCCN1. The average molecular weight is 310 g/mol. The van der Waals surface area contributed by atoms with Gasteiger partial charge in [-0.15, -0.1) is 0 Å². The van der Waals surface area contributed by atoms with E-state index in [0.717, 1.165) is 41.4 Å². The van der Waals surface area contributed by atoms with Crippen LogP contribution in [0.25, 0.3) is 0 Å². The van der Waals surface area contributed by atoms with E-state index in [1.54, 1.807) is 0 Å². The lowest BCUT2D eigenvalue weighted by atomic mass is 10.1. The molecular formula is C12H16BrN5. The highest BCUT2D eigenvalue weighted by Gasteiger charge is 2.25. The Labute approximate surface area is 115 Å². The first-order valence-electron chi connectivity index (χ1n) is 6.12. The van der Waals surface area contributed by atoms with Crippen molar-refractivity contribution in [2.45, 2.75) is 13.0 Å². The maximum atomic E-state index is 4.38. The van der Waals surface area contributed by atoms with E-state index in [4.69, 9.17) is 0 Å². The fraction of sp³-hybridized carbons (Fsp3) is 0.417. The molecule has 5 nitrogen and oxygen atoms in total. The van der Waals surface area contributed by atoms with Crippen LogP contribution in [0.15, 0.2) is 27.7 Å². The summed E-state index contributed by atoms with van der Waals surface area (Å²) >= 11 is 3.58. The number of benzene rings is 1. The molecule has 1 aromatic carbocycles. The Kier molecular flexibility index (Phi) is 3.03. The molecule has 0 aromatic heterocycles. The molecule has 0 spiro atoms. The number of para-hydroxylation sites is 1. The zero-order valence-electron chi connectivity index (χ0n) is 10.2. The number of hydrogen-bond acceptors (Lipinski definition) is 5. The van der Waals surface area contributed by atoms with Crippen molar-refractivity contribution in [2.24, 2.45) is 4.99 Å². The predicted octanol–water partition coefficient (Wildman–Crippen LogP) is 1.53. The minimum absolute atomic E-state index is 0.358. The number of halogens is 1. The van der Waals surface area contributed by atoms with Gasteiger partial charge in [0.05, 0.1) is 24.0 Å². The van der Waals surface area contributed by atoms with E-state index in [-0.39, 0.29) is 0 Å². The first-order valence-corrected chi connectivity index (χ1v) is 6.91. The van der Waals surface area contributed by atoms with Crippen molar-refractivity contribution in [2.75, 3.05) is 30.0 Å². The van der Waals surface area contributed by atoms with Crippen LogP contribution in [-0.2, 0) is 0 Å². The summed E-state index contributed by atoms with van der Waals surface area (Å²) in [6.07, 6.45) is 0. The lowest BCUT2D eigenvalue weighted by molar-refractivity contribution is 0.612. The minimum Gasteiger partial charge on any atom is -0.380 e. The Hall–Kier alpha value is -1.43. The average Bonchev–Trinajstić information content (AvgIpc) is 2.86. The zero-order chi connectivity index (χ0) is 12.5. The third-order valence-corrected chi connectivity index (χ3v) is 3.83. The summed E-state index contributed by atoms with van der Waals surface area (Å²) in [5.41, 5.74) is 5.63. The smallest absolute Gasteiger partial charge is 0.210 e. The molecule has 6 heteroatoms. The molecule has 96 valence electrons. The molecule has 0 aliphatic carbocycles. The van der Waals surface area contributed by atoms with Gasteiger partial charge in [-0.1, -0.05) is 6.07 Å². The van der Waals surface area contributed by atoms with Crippen molar-refractivity contribution in [3.05, 3.63) is 22.7 Å². The minimum atomic E-state index is 0.358. The van der Waals surface area contributed by atoms with Crippen LogP contribution in [0.1, 0.15) is 6.92 Å². The van der Waals surface area contributed by atoms with Gasteiger partial charge in [0.1, 0.15) is 0 Å². The van der Waals surface area contributed by atoms with Gasteiger partial charge in [0.15, 0.2) is 0 Å². The number of aliphatic imine (C=N–C) groups is 1. The third kappa shape index (κ3) is 2.01. The largest absolute Gasteiger partial charge is 0.380 e. The quantitative estimate of drug-likeness (QED) is 0.736. The highest BCUT2D eigenvalue weighted by atomic mass is 79.9. The number of hydrazine groups is 1. The molecular weight excluding hydrogens is 294 g/mol. The fourth-order valence-electron chi connectivity index (χ4n) is 2.22. The maximum Gasteiger partial charge on any atom is 0.210 e. The number of rotatable bonds is 1. The summed E-state index contributed by atoms with van der Waals surface area (Å²) in [6, 6.07) is 6.55. The Morgan fingerprint density at radius 1 is 1.44 bits per heavy atom. The number of nitrogens with zero attached hydrogens (tertiary/aromatic N) is 2. The maximum absolute atomic E-state index is 4.38. The van der Waals surface area contributed by atoms with Crippen molar-refractivity contribution in [1.82, 2.24) is 10.7 Å². The molecule has 0 fully saturated rings. The number of nitrogens with one attached hydrogen (secondary N) is 3. The molecule has 3 rings (SSSR count). The van der Waals surface area contributed by atoms with Crippen molar-refractivity contribution in [3.63, 3.8) is 0 Å². The molecule has 2 heterocycles. The number of hydrogen-bond donors (Lipinski definition) is 3. The van der Waals surface area contributed by atoms with E-state index >= 15 is 0 Å². The Bertz CT molecular complexity index is 487. The number of guanidine groups is 1. The van der Waals surface area contributed by atoms with Crippen LogP contribution in [0.4, 0.5) is 11.4 Å². The van der Waals surface area contributed by atoms with E-state index in [1.807, 2.05) is 12.1 Å². The Morgan fingerprint density at radius 3 is 3.11 bits per heavy atom. The van der Waals surface area contributed by atoms with Gasteiger partial charge in [0, 0.05) is 17.6 Å². The second-order valence-electron chi connectivity index (χ2n) is 4.50. The lowest BCUT2D eigenvalue weighted by Gasteiger charge is -2.38. The molecule has 2 aliphatic rings. The third-order valence-electron chi connectivity index (χ3n) is 3.17. The van der Waals surface area contributed by atoms with E-state index in [2.05, 4.69) is 55.0 Å². The highest BCUT2D eigenvalue weighted by Crippen LogP contribution is 2.36. The van der Waals surface area contributed by atoms with Gasteiger partial charge >= 0.3 is 0 Å². The second kappa shape index (κ2) is 4.68. The second-order valence-corrected chi connectivity index (χ2v) is 5.36. The van der Waals surface area contributed by atoms with Gasteiger partial charge in [0.2, 0.25) is 5.96 Å². The van der Waals surface area contributed by atoms with Crippen LogP contribution in [0, 0.1) is 0 Å². The zero-order valence-corrected chi connectivity index (χ0v) is 11.8. The van der Waals surface area contributed by atoms with Gasteiger partial charge in [-0.05, 0) is 35.0 Å². The molecule has 1 aromatic rings. The summed E-state index contributed by atoms with van der Waals surface area (Å²) in [5, 5.41) is 8.84. The highest BCUT2D eigenvalue weighted by molar-refractivity contribution is 9.10. The summed E-state index contributed by atoms with van der Waals surface area (Å²) in [4.78, 5) is 4.38. The van der Waals surface area contributed by atoms with Gasteiger partial charge < -0.3 is 10.6 Å².